The molecule has 0 heterocycles. The zero-order chi connectivity index (χ0) is 20.4. The zero-order valence-corrected chi connectivity index (χ0v) is 20.0. The van der Waals surface area contributed by atoms with E-state index in [2.05, 4.69) is 6.92 Å². The Morgan fingerprint density at radius 3 is 2.07 bits per heavy atom. The minimum atomic E-state index is -2.27. The summed E-state index contributed by atoms with van der Waals surface area (Å²) in [6.45, 7) is 4.04. The predicted molar refractivity (Wildman–Crippen MR) is 108 cm³/mol. The molecule has 0 saturated carbocycles. The first-order valence-corrected chi connectivity index (χ1v) is 12.6. The van der Waals surface area contributed by atoms with E-state index in [1.165, 1.54) is 0 Å². The van der Waals surface area contributed by atoms with Crippen molar-refractivity contribution in [1.29, 1.82) is 0 Å². The molecule has 0 aliphatic carbocycles. The van der Waals surface area contributed by atoms with Crippen LogP contribution in [-0.4, -0.2) is 41.8 Å². The molecule has 2 aromatic rings. The third-order valence-corrected chi connectivity index (χ3v) is 6.58. The molecule has 0 aromatic heterocycles. The topological polar surface area (TPSA) is 69.7 Å². The van der Waals surface area contributed by atoms with E-state index in [1.807, 2.05) is 13.0 Å². The van der Waals surface area contributed by atoms with Crippen molar-refractivity contribution >= 4 is 41.8 Å². The molecule has 2 rings (SSSR count). The van der Waals surface area contributed by atoms with Crippen LogP contribution in [0.5, 0.6) is 0 Å². The Morgan fingerprint density at radius 2 is 1.46 bits per heavy atom. The van der Waals surface area contributed by atoms with E-state index in [9.17, 15) is 14.4 Å². The molecule has 1 atom stereocenters. The Morgan fingerprint density at radius 1 is 0.857 bits per heavy atom. The number of rotatable bonds is 10. The molecule has 0 N–H and O–H groups in total. The molecule has 0 radical (unpaired) electrons. The fraction of sp³-hybridized carbons (Fsp3) is 0.318. The van der Waals surface area contributed by atoms with E-state index in [-0.39, 0.29) is 17.7 Å². The van der Waals surface area contributed by atoms with Crippen molar-refractivity contribution in [1.82, 2.24) is 0 Å². The van der Waals surface area contributed by atoms with E-state index in [4.69, 9.17) is 5.63 Å². The SMILES string of the molecule is CCCCC(CC)C(=O)[O][BiH][O]C(=O)c1ccc(C(=O)c2ccccc2)cc1. The molecule has 0 amide bonds. The summed E-state index contributed by atoms with van der Waals surface area (Å²) in [6, 6.07) is 15.3. The van der Waals surface area contributed by atoms with Crippen molar-refractivity contribution in [3.63, 3.8) is 0 Å². The van der Waals surface area contributed by atoms with Crippen LogP contribution in [0.15, 0.2) is 54.6 Å². The summed E-state index contributed by atoms with van der Waals surface area (Å²) in [5.41, 5.74) is 1.43. The van der Waals surface area contributed by atoms with Crippen LogP contribution in [-0.2, 0) is 10.4 Å². The molecule has 6 heteroatoms. The van der Waals surface area contributed by atoms with Gasteiger partial charge in [-0.25, -0.2) is 0 Å². The van der Waals surface area contributed by atoms with Gasteiger partial charge < -0.3 is 0 Å². The van der Waals surface area contributed by atoms with Crippen LogP contribution >= 0.6 is 0 Å². The van der Waals surface area contributed by atoms with Crippen molar-refractivity contribution in [2.75, 3.05) is 0 Å². The summed E-state index contributed by atoms with van der Waals surface area (Å²) in [5.74, 6) is -0.993. The van der Waals surface area contributed by atoms with Gasteiger partial charge in [-0.2, -0.15) is 0 Å². The molecule has 0 aliphatic rings. The molecular weight excluding hydrogens is 553 g/mol. The quantitative estimate of drug-likeness (QED) is 0.314. The number of carbonyl (C=O) groups excluding carboxylic acids is 3. The van der Waals surface area contributed by atoms with Gasteiger partial charge in [0.05, 0.1) is 0 Å². The molecule has 0 spiro atoms. The molecule has 28 heavy (non-hydrogen) atoms. The molecule has 0 fully saturated rings. The molecule has 148 valence electrons. The first-order valence-electron chi connectivity index (χ1n) is 9.43. The van der Waals surface area contributed by atoms with Gasteiger partial charge in [-0.05, 0) is 0 Å². The average molecular weight is 578 g/mol. The standard InChI is InChI=1S/C14H10O3.C8H16O2.Bi.H/c15-13(10-4-2-1-3-5-10)11-6-8-12(9-7-11)14(16)17;1-3-5-6-7(4-2)8(9)10;;/h1-9H,(H,16,17);7H,3-6H2,1-2H3,(H,9,10);;/q;;+2;/p-2. The van der Waals surface area contributed by atoms with Gasteiger partial charge in [-0.3, -0.25) is 0 Å². The van der Waals surface area contributed by atoms with E-state index in [1.54, 1.807) is 48.5 Å². The molecule has 0 bridgehead atoms. The fourth-order valence-corrected chi connectivity index (χ4v) is 4.58. The molecule has 0 saturated heterocycles. The summed E-state index contributed by atoms with van der Waals surface area (Å²) in [5, 5.41) is 0. The summed E-state index contributed by atoms with van der Waals surface area (Å²) in [7, 11) is 0. The van der Waals surface area contributed by atoms with Gasteiger partial charge in [-0.15, -0.1) is 0 Å². The molecule has 0 aliphatic heterocycles. The first-order chi connectivity index (χ1) is 13.6. The van der Waals surface area contributed by atoms with Crippen LogP contribution in [0.1, 0.15) is 65.8 Å². The third-order valence-electron chi connectivity index (χ3n) is 4.43. The van der Waals surface area contributed by atoms with Crippen LogP contribution in [0.4, 0.5) is 0 Å². The van der Waals surface area contributed by atoms with Crippen LogP contribution in [0.25, 0.3) is 0 Å². The fourth-order valence-electron chi connectivity index (χ4n) is 2.70. The van der Waals surface area contributed by atoms with Crippen molar-refractivity contribution in [2.24, 2.45) is 5.92 Å². The summed E-state index contributed by atoms with van der Waals surface area (Å²) < 4.78 is 10.5. The Kier molecular flexibility index (Phi) is 9.29. The van der Waals surface area contributed by atoms with E-state index >= 15 is 0 Å². The summed E-state index contributed by atoms with van der Waals surface area (Å²) in [4.78, 5) is 36.6. The van der Waals surface area contributed by atoms with E-state index in [0.717, 1.165) is 25.7 Å². The van der Waals surface area contributed by atoms with Crippen molar-refractivity contribution in [2.45, 2.75) is 39.5 Å². The van der Waals surface area contributed by atoms with Crippen LogP contribution < -0.4 is 0 Å². The predicted octanol–water partition coefficient (Wildman–Crippen LogP) is 4.10. The number of hydrogen-bond donors (Lipinski definition) is 0. The van der Waals surface area contributed by atoms with Crippen LogP contribution in [0.2, 0.25) is 0 Å². The monoisotopic (exact) mass is 578 g/mol. The number of ketones is 1. The normalized spacial score (nSPS) is 11.5. The number of benzene rings is 2. The molecule has 2 aromatic carbocycles. The summed E-state index contributed by atoms with van der Waals surface area (Å²) in [6.07, 6.45) is 3.55. The van der Waals surface area contributed by atoms with Gasteiger partial charge >= 0.3 is 179 Å². The van der Waals surface area contributed by atoms with Crippen LogP contribution in [0.3, 0.4) is 0 Å². The third kappa shape index (κ3) is 6.52. The van der Waals surface area contributed by atoms with E-state index in [0.29, 0.717) is 16.7 Å². The van der Waals surface area contributed by atoms with Crippen molar-refractivity contribution in [3.05, 3.63) is 71.3 Å². The van der Waals surface area contributed by atoms with Crippen LogP contribution in [0, 0.1) is 5.92 Å². The Hall–Kier alpha value is -2.07. The Bertz CT molecular complexity index is 786. The van der Waals surface area contributed by atoms with Gasteiger partial charge in [0.15, 0.2) is 0 Å². The van der Waals surface area contributed by atoms with Gasteiger partial charge in [-0.1, -0.05) is 0 Å². The summed E-state index contributed by atoms with van der Waals surface area (Å²) >= 11 is -2.27. The molecule has 1 unspecified atom stereocenters. The van der Waals surface area contributed by atoms with Gasteiger partial charge in [0, 0.05) is 0 Å². The second kappa shape index (κ2) is 11.7. The second-order valence-corrected chi connectivity index (χ2v) is 8.65. The zero-order valence-electron chi connectivity index (χ0n) is 16.1. The molecule has 5 nitrogen and oxygen atoms in total. The van der Waals surface area contributed by atoms with Crippen molar-refractivity contribution < 1.29 is 20.0 Å². The van der Waals surface area contributed by atoms with Gasteiger partial charge in [0.2, 0.25) is 0 Å². The number of hydrogen-bond acceptors (Lipinski definition) is 5. The molecular formula is C22H25BiO5. The first kappa shape index (κ1) is 22.2. The van der Waals surface area contributed by atoms with Crippen molar-refractivity contribution in [3.8, 4) is 0 Å². The van der Waals surface area contributed by atoms with E-state index < -0.39 is 30.1 Å². The van der Waals surface area contributed by atoms with Gasteiger partial charge in [0.25, 0.3) is 0 Å². The minimum absolute atomic E-state index is 0.106. The average Bonchev–Trinajstić information content (AvgIpc) is 2.74. The number of carbonyl (C=O) groups is 3. The number of unbranched alkanes of at least 4 members (excludes halogenated alkanes) is 1. The maximum atomic E-state index is 12.4. The Balaban J connectivity index is 1.86. The van der Waals surface area contributed by atoms with Gasteiger partial charge in [0.1, 0.15) is 0 Å². The second-order valence-electron chi connectivity index (χ2n) is 6.41. The maximum absolute atomic E-state index is 12.4. The Labute approximate surface area is 178 Å².